The first-order valence-electron chi connectivity index (χ1n) is 9.16. The number of rotatable bonds is 5. The van der Waals surface area contributed by atoms with Crippen molar-refractivity contribution in [2.45, 2.75) is 57.7 Å². The molecule has 0 aliphatic carbocycles. The molecule has 26 heavy (non-hydrogen) atoms. The van der Waals surface area contributed by atoms with Gasteiger partial charge in [-0.2, -0.15) is 8.78 Å². The largest absolute Gasteiger partial charge is 0.435 e. The molecule has 2 saturated heterocycles. The minimum Gasteiger partial charge on any atom is -0.435 e. The van der Waals surface area contributed by atoms with Crippen LogP contribution in [0.1, 0.15) is 44.1 Å². The zero-order valence-corrected chi connectivity index (χ0v) is 14.7. The lowest BCUT2D eigenvalue weighted by Gasteiger charge is -2.29. The number of hydrogen-bond donors (Lipinski definition) is 0. The highest BCUT2D eigenvalue weighted by Crippen LogP contribution is 2.25. The quantitative estimate of drug-likeness (QED) is 0.804. The van der Waals surface area contributed by atoms with Gasteiger partial charge in [0.1, 0.15) is 11.8 Å². The Morgan fingerprint density at radius 2 is 1.77 bits per heavy atom. The number of carbonyl (C=O) groups excluding carboxylic acids is 2. The lowest BCUT2D eigenvalue weighted by atomic mass is 10.1. The maximum absolute atomic E-state index is 12.9. The van der Waals surface area contributed by atoms with Crippen molar-refractivity contribution in [3.05, 3.63) is 29.8 Å². The summed E-state index contributed by atoms with van der Waals surface area (Å²) in [6.45, 7) is -1.04. The first-order valence-corrected chi connectivity index (χ1v) is 9.16. The average Bonchev–Trinajstić information content (AvgIpc) is 2.83. The molecule has 1 unspecified atom stereocenters. The van der Waals surface area contributed by atoms with Gasteiger partial charge in [-0.05, 0) is 37.0 Å². The summed E-state index contributed by atoms with van der Waals surface area (Å²) in [5, 5.41) is 0. The Bertz CT molecular complexity index is 628. The highest BCUT2D eigenvalue weighted by molar-refractivity contribution is 5.91. The van der Waals surface area contributed by atoms with Crippen LogP contribution < -0.4 is 4.74 Å². The van der Waals surface area contributed by atoms with E-state index in [4.69, 9.17) is 0 Å². The second kappa shape index (κ2) is 8.47. The molecule has 2 aliphatic heterocycles. The predicted octanol–water partition coefficient (Wildman–Crippen LogP) is 3.18. The number of carbonyl (C=O) groups is 2. The minimum atomic E-state index is -2.86. The Kier molecular flexibility index (Phi) is 6.06. The fourth-order valence-corrected chi connectivity index (χ4v) is 3.66. The van der Waals surface area contributed by atoms with E-state index in [0.717, 1.165) is 44.3 Å². The molecular weight excluding hydrogens is 342 g/mol. The molecule has 3 rings (SSSR count). The highest BCUT2D eigenvalue weighted by Gasteiger charge is 2.38. The number of halogens is 2. The van der Waals surface area contributed by atoms with Gasteiger partial charge in [-0.3, -0.25) is 9.59 Å². The van der Waals surface area contributed by atoms with Gasteiger partial charge in [0.05, 0.1) is 0 Å². The number of likely N-dealkylation sites (tertiary alicyclic amines) is 2. The molecule has 0 saturated carbocycles. The van der Waals surface area contributed by atoms with Gasteiger partial charge in [0, 0.05) is 26.1 Å². The zero-order valence-electron chi connectivity index (χ0n) is 14.7. The summed E-state index contributed by atoms with van der Waals surface area (Å²) in [6.07, 6.45) is 5.22. The maximum Gasteiger partial charge on any atom is 0.387 e. The molecule has 5 nitrogen and oxygen atoms in total. The number of nitrogens with zero attached hydrogens (tertiary/aromatic N) is 2. The van der Waals surface area contributed by atoms with Gasteiger partial charge in [0.2, 0.25) is 11.8 Å². The van der Waals surface area contributed by atoms with Crippen molar-refractivity contribution in [1.29, 1.82) is 0 Å². The van der Waals surface area contributed by atoms with E-state index in [2.05, 4.69) is 4.74 Å². The van der Waals surface area contributed by atoms with Gasteiger partial charge in [-0.15, -0.1) is 0 Å². The molecule has 2 fully saturated rings. The number of alkyl halides is 2. The zero-order chi connectivity index (χ0) is 18.5. The molecule has 1 aromatic carbocycles. The number of benzene rings is 1. The number of amides is 2. The predicted molar refractivity (Wildman–Crippen MR) is 91.7 cm³/mol. The molecule has 1 atom stereocenters. The van der Waals surface area contributed by atoms with E-state index in [1.54, 1.807) is 17.0 Å². The van der Waals surface area contributed by atoms with E-state index in [9.17, 15) is 18.4 Å². The fourth-order valence-electron chi connectivity index (χ4n) is 3.66. The molecule has 0 N–H and O–H groups in total. The van der Waals surface area contributed by atoms with Crippen LogP contribution in [-0.2, 0) is 16.1 Å². The number of ether oxygens (including phenoxy) is 1. The fraction of sp³-hybridized carbons (Fsp3) is 0.579. The lowest BCUT2D eigenvalue weighted by Crippen LogP contribution is -2.46. The van der Waals surface area contributed by atoms with Gasteiger partial charge < -0.3 is 14.5 Å². The van der Waals surface area contributed by atoms with Crippen molar-refractivity contribution in [2.75, 3.05) is 13.1 Å². The minimum absolute atomic E-state index is 0.0360. The summed E-state index contributed by atoms with van der Waals surface area (Å²) >= 11 is 0. The summed E-state index contributed by atoms with van der Waals surface area (Å²) in [5.74, 6) is 0.0789. The SMILES string of the molecule is O=C(C1CCC(=O)N1Cc1ccc(OC(F)F)cc1)N1CCCCCC1. The van der Waals surface area contributed by atoms with E-state index in [0.29, 0.717) is 19.4 Å². The molecule has 0 spiro atoms. The monoisotopic (exact) mass is 366 g/mol. The molecule has 0 bridgehead atoms. The van der Waals surface area contributed by atoms with Gasteiger partial charge in [0.25, 0.3) is 0 Å². The van der Waals surface area contributed by atoms with E-state index >= 15 is 0 Å². The van der Waals surface area contributed by atoms with Crippen molar-refractivity contribution in [3.63, 3.8) is 0 Å². The van der Waals surface area contributed by atoms with Crippen LogP contribution in [0.4, 0.5) is 8.78 Å². The normalized spacial score (nSPS) is 21.2. The first-order chi connectivity index (χ1) is 12.5. The summed E-state index contributed by atoms with van der Waals surface area (Å²) < 4.78 is 28.8. The van der Waals surface area contributed by atoms with Crippen LogP contribution in [0.5, 0.6) is 5.75 Å². The Morgan fingerprint density at radius 1 is 1.12 bits per heavy atom. The highest BCUT2D eigenvalue weighted by atomic mass is 19.3. The van der Waals surface area contributed by atoms with Crippen LogP contribution in [0, 0.1) is 0 Å². The van der Waals surface area contributed by atoms with Crippen molar-refractivity contribution >= 4 is 11.8 Å². The lowest BCUT2D eigenvalue weighted by molar-refractivity contribution is -0.141. The molecule has 0 aromatic heterocycles. The van der Waals surface area contributed by atoms with Crippen LogP contribution in [0.2, 0.25) is 0 Å². The summed E-state index contributed by atoms with van der Waals surface area (Å²) in [5.41, 5.74) is 0.788. The van der Waals surface area contributed by atoms with Crippen molar-refractivity contribution in [2.24, 2.45) is 0 Å². The average molecular weight is 366 g/mol. The summed E-state index contributed by atoms with van der Waals surface area (Å²) in [7, 11) is 0. The van der Waals surface area contributed by atoms with E-state index in [1.807, 2.05) is 4.90 Å². The molecule has 1 aromatic rings. The van der Waals surface area contributed by atoms with Gasteiger partial charge in [-0.1, -0.05) is 25.0 Å². The molecule has 2 amide bonds. The maximum atomic E-state index is 12.9. The van der Waals surface area contributed by atoms with E-state index < -0.39 is 12.7 Å². The number of hydrogen-bond acceptors (Lipinski definition) is 3. The smallest absolute Gasteiger partial charge is 0.387 e. The summed E-state index contributed by atoms with van der Waals surface area (Å²) in [6, 6.07) is 5.78. The van der Waals surface area contributed by atoms with Crippen LogP contribution in [-0.4, -0.2) is 47.4 Å². The standard InChI is InChI=1S/C19H24F2N2O3/c20-19(21)26-15-7-5-14(6-8-15)13-23-16(9-10-17(23)24)18(25)22-11-3-1-2-4-12-22/h5-8,16,19H,1-4,9-13H2. The van der Waals surface area contributed by atoms with Crippen LogP contribution >= 0.6 is 0 Å². The first kappa shape index (κ1) is 18.6. The molecule has 0 radical (unpaired) electrons. The van der Waals surface area contributed by atoms with Gasteiger partial charge >= 0.3 is 6.61 Å². The van der Waals surface area contributed by atoms with Crippen LogP contribution in [0.25, 0.3) is 0 Å². The third-order valence-corrected chi connectivity index (χ3v) is 5.03. The topological polar surface area (TPSA) is 49.9 Å². The second-order valence-electron chi connectivity index (χ2n) is 6.84. The third kappa shape index (κ3) is 4.51. The molecule has 2 heterocycles. The van der Waals surface area contributed by atoms with Crippen molar-refractivity contribution < 1.29 is 23.1 Å². The van der Waals surface area contributed by atoms with Gasteiger partial charge in [0.15, 0.2) is 0 Å². The van der Waals surface area contributed by atoms with Crippen molar-refractivity contribution in [1.82, 2.24) is 9.80 Å². The third-order valence-electron chi connectivity index (χ3n) is 5.03. The Hall–Kier alpha value is -2.18. The second-order valence-corrected chi connectivity index (χ2v) is 6.84. The van der Waals surface area contributed by atoms with Crippen LogP contribution in [0.15, 0.2) is 24.3 Å². The van der Waals surface area contributed by atoms with Crippen molar-refractivity contribution in [3.8, 4) is 5.75 Å². The van der Waals surface area contributed by atoms with Crippen LogP contribution in [0.3, 0.4) is 0 Å². The molecule has 142 valence electrons. The van der Waals surface area contributed by atoms with E-state index in [-0.39, 0.29) is 17.6 Å². The summed E-state index contributed by atoms with van der Waals surface area (Å²) in [4.78, 5) is 28.7. The Morgan fingerprint density at radius 3 is 2.38 bits per heavy atom. The Balaban J connectivity index is 1.66. The molecule has 2 aliphatic rings. The van der Waals surface area contributed by atoms with Gasteiger partial charge in [-0.25, -0.2) is 0 Å². The Labute approximate surface area is 151 Å². The molecule has 7 heteroatoms. The molecular formula is C19H24F2N2O3. The van der Waals surface area contributed by atoms with E-state index in [1.165, 1.54) is 12.1 Å².